The molecule has 0 radical (unpaired) electrons. The Morgan fingerprint density at radius 1 is 1.43 bits per heavy atom. The first-order chi connectivity index (χ1) is 6.58. The summed E-state index contributed by atoms with van der Waals surface area (Å²) in [5, 5.41) is 11.2. The molecule has 0 aliphatic heterocycles. The van der Waals surface area contributed by atoms with Crippen LogP contribution in [0, 0.1) is 5.92 Å². The predicted molar refractivity (Wildman–Crippen MR) is 58.8 cm³/mol. The Bertz CT molecular complexity index is 364. The number of halogens is 2. The number of aliphatic hydroxyl groups is 1. The van der Waals surface area contributed by atoms with Gasteiger partial charge in [0, 0.05) is 0 Å². The predicted octanol–water partition coefficient (Wildman–Crippen LogP) is 3.61. The zero-order chi connectivity index (χ0) is 10.3. The van der Waals surface area contributed by atoms with Gasteiger partial charge < -0.3 is 5.11 Å². The summed E-state index contributed by atoms with van der Waals surface area (Å²) in [6.45, 7) is 2.08. The highest BCUT2D eigenvalue weighted by Crippen LogP contribution is 2.54. The number of benzene rings is 1. The van der Waals surface area contributed by atoms with E-state index in [9.17, 15) is 5.11 Å². The standard InChI is InChI=1S/C11H12Cl2O/c1-2-7-6-11(7,14)8-3-4-9(12)10(13)5-8/h3-5,7,14H,2,6H2,1H3. The molecule has 1 aliphatic rings. The Hall–Kier alpha value is -0.240. The van der Waals surface area contributed by atoms with Crippen LogP contribution in [0.4, 0.5) is 0 Å². The van der Waals surface area contributed by atoms with Crippen LogP contribution >= 0.6 is 23.2 Å². The topological polar surface area (TPSA) is 20.2 Å². The number of hydrogen-bond donors (Lipinski definition) is 1. The van der Waals surface area contributed by atoms with Crippen molar-refractivity contribution in [2.24, 2.45) is 5.92 Å². The molecular weight excluding hydrogens is 219 g/mol. The van der Waals surface area contributed by atoms with Crippen molar-refractivity contribution in [3.63, 3.8) is 0 Å². The first-order valence-corrected chi connectivity index (χ1v) is 5.51. The van der Waals surface area contributed by atoms with Crippen molar-refractivity contribution in [1.82, 2.24) is 0 Å². The Morgan fingerprint density at radius 3 is 2.64 bits per heavy atom. The summed E-state index contributed by atoms with van der Waals surface area (Å²) in [6, 6.07) is 5.35. The van der Waals surface area contributed by atoms with E-state index in [1.807, 2.05) is 6.07 Å². The van der Waals surface area contributed by atoms with Gasteiger partial charge in [0.25, 0.3) is 0 Å². The summed E-state index contributed by atoms with van der Waals surface area (Å²) < 4.78 is 0. The van der Waals surface area contributed by atoms with Crippen molar-refractivity contribution in [2.45, 2.75) is 25.4 Å². The lowest BCUT2D eigenvalue weighted by molar-refractivity contribution is 0.130. The molecule has 0 aromatic heterocycles. The van der Waals surface area contributed by atoms with E-state index < -0.39 is 5.60 Å². The SMILES string of the molecule is CCC1CC1(O)c1ccc(Cl)c(Cl)c1. The zero-order valence-electron chi connectivity index (χ0n) is 7.93. The van der Waals surface area contributed by atoms with Gasteiger partial charge in [-0.15, -0.1) is 0 Å². The van der Waals surface area contributed by atoms with Crippen molar-refractivity contribution >= 4 is 23.2 Å². The van der Waals surface area contributed by atoms with Crippen molar-refractivity contribution in [3.8, 4) is 0 Å². The molecule has 1 aromatic rings. The monoisotopic (exact) mass is 230 g/mol. The van der Waals surface area contributed by atoms with E-state index in [0.717, 1.165) is 18.4 Å². The quantitative estimate of drug-likeness (QED) is 0.824. The van der Waals surface area contributed by atoms with E-state index in [-0.39, 0.29) is 0 Å². The van der Waals surface area contributed by atoms with Crippen LogP contribution in [0.5, 0.6) is 0 Å². The third-order valence-electron chi connectivity index (χ3n) is 2.99. The van der Waals surface area contributed by atoms with E-state index in [1.165, 1.54) is 0 Å². The summed E-state index contributed by atoms with van der Waals surface area (Å²) in [5.74, 6) is 0.375. The molecule has 1 aromatic carbocycles. The molecule has 1 saturated carbocycles. The van der Waals surface area contributed by atoms with Crippen molar-refractivity contribution in [1.29, 1.82) is 0 Å². The minimum Gasteiger partial charge on any atom is -0.385 e. The molecule has 2 rings (SSSR count). The second kappa shape index (κ2) is 3.41. The lowest BCUT2D eigenvalue weighted by Gasteiger charge is -2.11. The van der Waals surface area contributed by atoms with E-state index in [0.29, 0.717) is 16.0 Å². The van der Waals surface area contributed by atoms with Gasteiger partial charge in [0.1, 0.15) is 0 Å². The van der Waals surface area contributed by atoms with Gasteiger partial charge in [-0.1, -0.05) is 42.6 Å². The maximum atomic E-state index is 10.2. The second-order valence-corrected chi connectivity index (χ2v) is 4.68. The van der Waals surface area contributed by atoms with Crippen LogP contribution in [-0.4, -0.2) is 5.11 Å². The van der Waals surface area contributed by atoms with E-state index in [1.54, 1.807) is 12.1 Å². The Morgan fingerprint density at radius 2 is 2.14 bits per heavy atom. The molecule has 0 heterocycles. The zero-order valence-corrected chi connectivity index (χ0v) is 9.44. The van der Waals surface area contributed by atoms with Gasteiger partial charge in [-0.25, -0.2) is 0 Å². The van der Waals surface area contributed by atoms with Gasteiger partial charge >= 0.3 is 0 Å². The van der Waals surface area contributed by atoms with Gasteiger partial charge in [-0.2, -0.15) is 0 Å². The minimum absolute atomic E-state index is 0.375. The largest absolute Gasteiger partial charge is 0.385 e. The van der Waals surface area contributed by atoms with Crippen LogP contribution in [0.1, 0.15) is 25.3 Å². The van der Waals surface area contributed by atoms with Gasteiger partial charge in [-0.05, 0) is 30.0 Å². The van der Waals surface area contributed by atoms with Gasteiger partial charge in [-0.3, -0.25) is 0 Å². The average Bonchev–Trinajstić information content (AvgIpc) is 2.83. The molecule has 1 fully saturated rings. The smallest absolute Gasteiger partial charge is 0.0930 e. The highest BCUT2D eigenvalue weighted by atomic mass is 35.5. The van der Waals surface area contributed by atoms with Crippen LogP contribution in [0.3, 0.4) is 0 Å². The van der Waals surface area contributed by atoms with E-state index in [2.05, 4.69) is 6.92 Å². The fraction of sp³-hybridized carbons (Fsp3) is 0.455. The molecule has 0 spiro atoms. The highest BCUT2D eigenvalue weighted by molar-refractivity contribution is 6.42. The summed E-state index contributed by atoms with van der Waals surface area (Å²) >= 11 is 11.7. The fourth-order valence-electron chi connectivity index (χ4n) is 1.92. The Labute approximate surface area is 93.7 Å². The van der Waals surface area contributed by atoms with Gasteiger partial charge in [0.05, 0.1) is 15.6 Å². The van der Waals surface area contributed by atoms with E-state index >= 15 is 0 Å². The van der Waals surface area contributed by atoms with Crippen LogP contribution in [-0.2, 0) is 5.60 Å². The molecule has 3 heteroatoms. The maximum absolute atomic E-state index is 10.2. The minimum atomic E-state index is -0.650. The Kier molecular flexibility index (Phi) is 2.50. The molecule has 2 atom stereocenters. The molecule has 1 N–H and O–H groups in total. The van der Waals surface area contributed by atoms with E-state index in [4.69, 9.17) is 23.2 Å². The third kappa shape index (κ3) is 1.54. The first-order valence-electron chi connectivity index (χ1n) is 4.76. The highest BCUT2D eigenvalue weighted by Gasteiger charge is 2.52. The van der Waals surface area contributed by atoms with Crippen molar-refractivity contribution in [3.05, 3.63) is 33.8 Å². The van der Waals surface area contributed by atoms with Gasteiger partial charge in [0.15, 0.2) is 0 Å². The van der Waals surface area contributed by atoms with Crippen molar-refractivity contribution in [2.75, 3.05) is 0 Å². The molecule has 0 saturated heterocycles. The first kappa shape index (κ1) is 10.3. The number of rotatable bonds is 2. The molecule has 2 unspecified atom stereocenters. The summed E-state index contributed by atoms with van der Waals surface area (Å²) in [5.41, 5.74) is 0.238. The Balaban J connectivity index is 2.31. The van der Waals surface area contributed by atoms with Gasteiger partial charge in [0.2, 0.25) is 0 Å². The van der Waals surface area contributed by atoms with Crippen molar-refractivity contribution < 1.29 is 5.11 Å². The lowest BCUT2D eigenvalue weighted by Crippen LogP contribution is -2.08. The summed E-state index contributed by atoms with van der Waals surface area (Å²) in [7, 11) is 0. The van der Waals surface area contributed by atoms with Crippen LogP contribution in [0.15, 0.2) is 18.2 Å². The molecule has 76 valence electrons. The molecule has 14 heavy (non-hydrogen) atoms. The lowest BCUT2D eigenvalue weighted by atomic mass is 10.0. The molecule has 0 bridgehead atoms. The molecule has 1 aliphatic carbocycles. The number of hydrogen-bond acceptors (Lipinski definition) is 1. The van der Waals surface area contributed by atoms with Crippen LogP contribution in [0.25, 0.3) is 0 Å². The molecule has 0 amide bonds. The third-order valence-corrected chi connectivity index (χ3v) is 3.72. The molecule has 1 nitrogen and oxygen atoms in total. The fourth-order valence-corrected chi connectivity index (χ4v) is 2.22. The second-order valence-electron chi connectivity index (χ2n) is 3.86. The van der Waals surface area contributed by atoms with Crippen LogP contribution < -0.4 is 0 Å². The summed E-state index contributed by atoms with van der Waals surface area (Å²) in [4.78, 5) is 0. The normalized spacial score (nSPS) is 30.4. The maximum Gasteiger partial charge on any atom is 0.0930 e. The average molecular weight is 231 g/mol. The summed E-state index contributed by atoms with van der Waals surface area (Å²) in [6.07, 6.45) is 1.83. The van der Waals surface area contributed by atoms with Crippen LogP contribution in [0.2, 0.25) is 10.0 Å². The molecular formula is C11H12Cl2O.